The van der Waals surface area contributed by atoms with E-state index in [0.29, 0.717) is 10.8 Å². The fourth-order valence-corrected chi connectivity index (χ4v) is 3.65. The van der Waals surface area contributed by atoms with E-state index in [2.05, 4.69) is 52.1 Å². The smallest absolute Gasteiger partial charge is 0.0343 e. The summed E-state index contributed by atoms with van der Waals surface area (Å²) in [6.45, 7) is 11.7. The van der Waals surface area contributed by atoms with Gasteiger partial charge in [0.1, 0.15) is 0 Å². The maximum atomic E-state index is 3.26. The van der Waals surface area contributed by atoms with E-state index in [1.165, 1.54) is 23.2 Å². The summed E-state index contributed by atoms with van der Waals surface area (Å²) in [7, 11) is 1.99. The normalized spacial score (nSPS) is 20.6. The van der Waals surface area contributed by atoms with Gasteiger partial charge in [-0.1, -0.05) is 27.7 Å². The molecule has 1 aromatic carbocycles. The van der Waals surface area contributed by atoms with Crippen LogP contribution in [0.5, 0.6) is 0 Å². The van der Waals surface area contributed by atoms with Crippen LogP contribution in [0.1, 0.15) is 50.8 Å². The Labute approximate surface area is 99.3 Å². The second kappa shape index (κ2) is 3.26. The van der Waals surface area contributed by atoms with Crippen LogP contribution in [0.25, 0.3) is 0 Å². The predicted octanol–water partition coefficient (Wildman–Crippen LogP) is 4.00. The highest BCUT2D eigenvalue weighted by Crippen LogP contribution is 2.51. The number of rotatable bonds is 1. The van der Waals surface area contributed by atoms with E-state index in [-0.39, 0.29) is 0 Å². The molecule has 2 rings (SSSR count). The molecule has 1 aliphatic rings. The third-order valence-electron chi connectivity index (χ3n) is 3.91. The Hall–Kier alpha value is -0.980. The average Bonchev–Trinajstić information content (AvgIpc) is 2.32. The Bertz CT molecular complexity index is 427. The van der Waals surface area contributed by atoms with E-state index in [9.17, 15) is 0 Å². The lowest BCUT2D eigenvalue weighted by Crippen LogP contribution is -2.18. The topological polar surface area (TPSA) is 12.0 Å². The highest BCUT2D eigenvalue weighted by molar-refractivity contribution is 5.58. The van der Waals surface area contributed by atoms with Crippen molar-refractivity contribution in [2.75, 3.05) is 12.4 Å². The summed E-state index contributed by atoms with van der Waals surface area (Å²) in [5, 5.41) is 3.26. The van der Waals surface area contributed by atoms with Gasteiger partial charge in [-0.05, 0) is 53.0 Å². The van der Waals surface area contributed by atoms with Crippen molar-refractivity contribution in [2.24, 2.45) is 0 Å². The van der Waals surface area contributed by atoms with Crippen molar-refractivity contribution < 1.29 is 0 Å². The van der Waals surface area contributed by atoms with Gasteiger partial charge in [-0.25, -0.2) is 0 Å². The Kier molecular flexibility index (Phi) is 2.34. The van der Waals surface area contributed by atoms with Crippen LogP contribution in [0.4, 0.5) is 5.69 Å². The zero-order valence-electron chi connectivity index (χ0n) is 11.4. The highest BCUT2D eigenvalue weighted by Gasteiger charge is 2.42. The fraction of sp³-hybridized carbons (Fsp3) is 0.600. The van der Waals surface area contributed by atoms with E-state index >= 15 is 0 Å². The van der Waals surface area contributed by atoms with Crippen LogP contribution in [0.2, 0.25) is 0 Å². The average molecular weight is 217 g/mol. The molecule has 0 aromatic heterocycles. The van der Waals surface area contributed by atoms with Crippen molar-refractivity contribution in [2.45, 2.75) is 51.9 Å². The van der Waals surface area contributed by atoms with Gasteiger partial charge < -0.3 is 5.32 Å². The number of aryl methyl sites for hydroxylation is 1. The number of hydrogen-bond acceptors (Lipinski definition) is 1. The number of fused-ring (bicyclic) bond motifs is 1. The van der Waals surface area contributed by atoms with Crippen molar-refractivity contribution in [3.63, 3.8) is 0 Å². The van der Waals surface area contributed by atoms with Crippen LogP contribution >= 0.6 is 0 Å². The van der Waals surface area contributed by atoms with Crippen molar-refractivity contribution in [3.05, 3.63) is 28.8 Å². The fourth-order valence-electron chi connectivity index (χ4n) is 3.65. The van der Waals surface area contributed by atoms with Crippen molar-refractivity contribution >= 4 is 5.69 Å². The lowest BCUT2D eigenvalue weighted by molar-refractivity contribution is 0.402. The minimum atomic E-state index is 0.302. The minimum Gasteiger partial charge on any atom is -0.388 e. The first-order chi connectivity index (χ1) is 7.28. The molecule has 0 radical (unpaired) electrons. The molecule has 1 aliphatic carbocycles. The number of benzene rings is 1. The van der Waals surface area contributed by atoms with E-state index in [1.807, 2.05) is 7.05 Å². The van der Waals surface area contributed by atoms with Crippen LogP contribution in [0.3, 0.4) is 0 Å². The first kappa shape index (κ1) is 11.5. The molecule has 0 atom stereocenters. The van der Waals surface area contributed by atoms with Crippen molar-refractivity contribution in [1.29, 1.82) is 0 Å². The molecule has 0 saturated carbocycles. The molecule has 1 aromatic rings. The number of anilines is 1. The van der Waals surface area contributed by atoms with Gasteiger partial charge in [-0.3, -0.25) is 0 Å². The second-order valence-electron chi connectivity index (χ2n) is 6.41. The van der Waals surface area contributed by atoms with Gasteiger partial charge in [0.25, 0.3) is 0 Å². The van der Waals surface area contributed by atoms with Crippen LogP contribution in [-0.2, 0) is 10.8 Å². The molecule has 0 aliphatic heterocycles. The van der Waals surface area contributed by atoms with Crippen LogP contribution in [-0.4, -0.2) is 7.05 Å². The summed E-state index contributed by atoms with van der Waals surface area (Å²) >= 11 is 0. The van der Waals surface area contributed by atoms with E-state index in [1.54, 1.807) is 5.56 Å². The molecule has 0 spiro atoms. The van der Waals surface area contributed by atoms with Gasteiger partial charge in [-0.15, -0.1) is 0 Å². The minimum absolute atomic E-state index is 0.302. The molecule has 1 nitrogen and oxygen atoms in total. The summed E-state index contributed by atoms with van der Waals surface area (Å²) in [5.74, 6) is 0. The van der Waals surface area contributed by atoms with Crippen LogP contribution < -0.4 is 5.32 Å². The van der Waals surface area contributed by atoms with Gasteiger partial charge >= 0.3 is 0 Å². The molecule has 0 heterocycles. The quantitative estimate of drug-likeness (QED) is 0.750. The molecule has 0 saturated heterocycles. The van der Waals surface area contributed by atoms with E-state index in [0.717, 1.165) is 0 Å². The lowest BCUT2D eigenvalue weighted by atomic mass is 9.81. The van der Waals surface area contributed by atoms with Gasteiger partial charge in [0.2, 0.25) is 0 Å². The molecule has 0 bridgehead atoms. The number of hydrogen-bond donors (Lipinski definition) is 1. The SMILES string of the molecule is CNc1cc(C)c2c(c1)C(C)(C)CC2(C)C. The largest absolute Gasteiger partial charge is 0.388 e. The van der Waals surface area contributed by atoms with Crippen LogP contribution in [0, 0.1) is 6.92 Å². The summed E-state index contributed by atoms with van der Waals surface area (Å²) in [4.78, 5) is 0. The molecule has 1 heteroatoms. The first-order valence-corrected chi connectivity index (χ1v) is 6.11. The molecule has 0 amide bonds. The van der Waals surface area contributed by atoms with Gasteiger partial charge in [-0.2, -0.15) is 0 Å². The summed E-state index contributed by atoms with van der Waals surface area (Å²) in [5.41, 5.74) is 6.38. The molecular formula is C15H23N. The second-order valence-corrected chi connectivity index (χ2v) is 6.41. The van der Waals surface area contributed by atoms with Gasteiger partial charge in [0.05, 0.1) is 0 Å². The highest BCUT2D eigenvalue weighted by atomic mass is 14.8. The molecular weight excluding hydrogens is 194 g/mol. The lowest BCUT2D eigenvalue weighted by Gasteiger charge is -2.23. The van der Waals surface area contributed by atoms with Crippen molar-refractivity contribution in [1.82, 2.24) is 0 Å². The van der Waals surface area contributed by atoms with Gasteiger partial charge in [0.15, 0.2) is 0 Å². The Balaban J connectivity index is 2.71. The maximum absolute atomic E-state index is 3.26. The summed E-state index contributed by atoms with van der Waals surface area (Å²) in [6.07, 6.45) is 1.24. The maximum Gasteiger partial charge on any atom is 0.0343 e. The Morgan fingerprint density at radius 1 is 1.06 bits per heavy atom. The molecule has 0 fully saturated rings. The van der Waals surface area contributed by atoms with Crippen LogP contribution in [0.15, 0.2) is 12.1 Å². The van der Waals surface area contributed by atoms with Crippen molar-refractivity contribution in [3.8, 4) is 0 Å². The third kappa shape index (κ3) is 1.53. The Morgan fingerprint density at radius 2 is 1.69 bits per heavy atom. The summed E-state index contributed by atoms with van der Waals surface area (Å²) < 4.78 is 0. The van der Waals surface area contributed by atoms with Gasteiger partial charge in [0, 0.05) is 12.7 Å². The van der Waals surface area contributed by atoms with E-state index < -0.39 is 0 Å². The molecule has 0 unspecified atom stereocenters. The molecule has 1 N–H and O–H groups in total. The first-order valence-electron chi connectivity index (χ1n) is 6.11. The monoisotopic (exact) mass is 217 g/mol. The molecule has 16 heavy (non-hydrogen) atoms. The zero-order valence-corrected chi connectivity index (χ0v) is 11.4. The predicted molar refractivity (Wildman–Crippen MR) is 71.4 cm³/mol. The Morgan fingerprint density at radius 3 is 2.25 bits per heavy atom. The summed E-state index contributed by atoms with van der Waals surface area (Å²) in [6, 6.07) is 4.60. The zero-order chi connectivity index (χ0) is 12.1. The number of nitrogens with one attached hydrogen (secondary N) is 1. The standard InChI is InChI=1S/C15H23N/c1-10-7-11(16-6)8-12-13(10)15(4,5)9-14(12,2)3/h7-8,16H,9H2,1-6H3. The third-order valence-corrected chi connectivity index (χ3v) is 3.91. The van der Waals surface area contributed by atoms with E-state index in [4.69, 9.17) is 0 Å². The molecule has 88 valence electrons.